The molecule has 0 aliphatic heterocycles. The molecule has 0 aliphatic rings. The highest BCUT2D eigenvalue weighted by atomic mass is 19.1. The number of amides is 1. The number of hydrogen-bond acceptors (Lipinski definition) is 4. The van der Waals surface area contributed by atoms with Crippen molar-refractivity contribution in [2.24, 2.45) is 0 Å². The number of carboxylic acids is 1. The van der Waals surface area contributed by atoms with E-state index in [9.17, 15) is 18.4 Å². The quantitative estimate of drug-likeness (QED) is 0.874. The zero-order valence-electron chi connectivity index (χ0n) is 10.6. The number of carboxylic acid groups (broad SMARTS) is 1. The molecule has 0 fully saturated rings. The van der Waals surface area contributed by atoms with Gasteiger partial charge in [-0.1, -0.05) is 5.16 Å². The van der Waals surface area contributed by atoms with Crippen LogP contribution in [0.1, 0.15) is 26.6 Å². The van der Waals surface area contributed by atoms with Gasteiger partial charge >= 0.3 is 5.97 Å². The topological polar surface area (TPSA) is 92.4 Å². The smallest absolute Gasteiger partial charge is 0.374 e. The van der Waals surface area contributed by atoms with Gasteiger partial charge in [-0.25, -0.2) is 13.6 Å². The van der Waals surface area contributed by atoms with Crippen LogP contribution in [0, 0.1) is 11.6 Å². The fourth-order valence-corrected chi connectivity index (χ4v) is 1.65. The van der Waals surface area contributed by atoms with Crippen molar-refractivity contribution in [2.75, 3.05) is 6.54 Å². The maximum atomic E-state index is 13.0. The first-order chi connectivity index (χ1) is 9.95. The zero-order valence-corrected chi connectivity index (χ0v) is 10.6. The number of aromatic nitrogens is 1. The first-order valence-corrected chi connectivity index (χ1v) is 5.89. The predicted octanol–water partition coefficient (Wildman–Crippen LogP) is 1.62. The normalized spacial score (nSPS) is 10.4. The van der Waals surface area contributed by atoms with Gasteiger partial charge in [-0.15, -0.1) is 0 Å². The number of hydrogen-bond donors (Lipinski definition) is 2. The lowest BCUT2D eigenvalue weighted by atomic mass is 10.1. The van der Waals surface area contributed by atoms with Gasteiger partial charge in [0, 0.05) is 18.7 Å². The zero-order chi connectivity index (χ0) is 15.4. The first kappa shape index (κ1) is 14.6. The lowest BCUT2D eigenvalue weighted by Gasteiger charge is -2.03. The number of halogens is 2. The van der Waals surface area contributed by atoms with Gasteiger partial charge < -0.3 is 14.9 Å². The third-order valence-corrected chi connectivity index (χ3v) is 2.58. The fraction of sp³-hybridized carbons (Fsp3) is 0.154. The first-order valence-electron chi connectivity index (χ1n) is 5.89. The molecule has 2 aromatic rings. The third kappa shape index (κ3) is 3.85. The molecule has 110 valence electrons. The second kappa shape index (κ2) is 6.12. The summed E-state index contributed by atoms with van der Waals surface area (Å²) < 4.78 is 30.3. The maximum absolute atomic E-state index is 13.0. The molecule has 8 heteroatoms. The number of nitrogens with zero attached hydrogens (tertiary/aromatic N) is 1. The van der Waals surface area contributed by atoms with Crippen LogP contribution < -0.4 is 5.32 Å². The summed E-state index contributed by atoms with van der Waals surface area (Å²) in [5.74, 6) is -3.81. The number of nitrogens with one attached hydrogen (secondary N) is 1. The van der Waals surface area contributed by atoms with E-state index in [0.29, 0.717) is 5.56 Å². The highest BCUT2D eigenvalue weighted by Gasteiger charge is 2.16. The van der Waals surface area contributed by atoms with Crippen molar-refractivity contribution in [1.29, 1.82) is 0 Å². The number of carbonyl (C=O) groups excluding carboxylic acids is 1. The molecule has 0 spiro atoms. The molecule has 0 saturated carbocycles. The molecule has 0 aliphatic carbocycles. The van der Waals surface area contributed by atoms with Gasteiger partial charge in [-0.2, -0.15) is 0 Å². The minimum absolute atomic E-state index is 0.108. The van der Waals surface area contributed by atoms with E-state index in [1.54, 1.807) is 0 Å². The van der Waals surface area contributed by atoms with Gasteiger partial charge in [0.25, 0.3) is 5.91 Å². The maximum Gasteiger partial charge on any atom is 0.374 e. The Hall–Kier alpha value is -2.77. The van der Waals surface area contributed by atoms with Crippen LogP contribution in [-0.2, 0) is 6.42 Å². The third-order valence-electron chi connectivity index (χ3n) is 2.58. The highest BCUT2D eigenvalue weighted by Crippen LogP contribution is 2.08. The van der Waals surface area contributed by atoms with Gasteiger partial charge in [0.15, 0.2) is 5.69 Å². The largest absolute Gasteiger partial charge is 0.475 e. The number of aromatic carboxylic acids is 1. The average molecular weight is 296 g/mol. The van der Waals surface area contributed by atoms with Gasteiger partial charge in [-0.05, 0) is 24.1 Å². The van der Waals surface area contributed by atoms with Gasteiger partial charge in [-0.3, -0.25) is 4.79 Å². The summed E-state index contributed by atoms with van der Waals surface area (Å²) in [6.07, 6.45) is 0.212. The Morgan fingerprint density at radius 1 is 1.19 bits per heavy atom. The monoisotopic (exact) mass is 296 g/mol. The summed E-state index contributed by atoms with van der Waals surface area (Å²) in [5.41, 5.74) is 0.206. The van der Waals surface area contributed by atoms with Gasteiger partial charge in [0.1, 0.15) is 11.6 Å². The fourth-order valence-electron chi connectivity index (χ4n) is 1.65. The SMILES string of the molecule is O=C(NCCc1cc(F)cc(F)c1)c1cc(C(=O)O)on1. The molecular weight excluding hydrogens is 286 g/mol. The standard InChI is InChI=1S/C13H10F2N2O4/c14-8-3-7(4-9(15)5-8)1-2-16-12(18)10-6-11(13(19)20)21-17-10/h3-6H,1-2H2,(H,16,18)(H,19,20). The van der Waals surface area contributed by atoms with Crippen LogP contribution in [0.3, 0.4) is 0 Å². The minimum atomic E-state index is -1.34. The molecule has 1 aromatic carbocycles. The number of benzene rings is 1. The molecule has 0 atom stereocenters. The molecular formula is C13H10F2N2O4. The summed E-state index contributed by atoms with van der Waals surface area (Å²) >= 11 is 0. The van der Waals surface area contributed by atoms with Crippen molar-refractivity contribution in [3.63, 3.8) is 0 Å². The Bertz CT molecular complexity index is 664. The predicted molar refractivity (Wildman–Crippen MR) is 65.9 cm³/mol. The van der Waals surface area contributed by atoms with Crippen LogP contribution in [0.15, 0.2) is 28.8 Å². The lowest BCUT2D eigenvalue weighted by molar-refractivity contribution is 0.0651. The van der Waals surface area contributed by atoms with Crippen molar-refractivity contribution in [3.05, 3.63) is 52.9 Å². The van der Waals surface area contributed by atoms with E-state index in [0.717, 1.165) is 24.3 Å². The molecule has 0 saturated heterocycles. The Morgan fingerprint density at radius 2 is 1.86 bits per heavy atom. The van der Waals surface area contributed by atoms with E-state index in [1.807, 2.05) is 0 Å². The molecule has 1 heterocycles. The van der Waals surface area contributed by atoms with Crippen LogP contribution in [-0.4, -0.2) is 28.7 Å². The molecule has 0 radical (unpaired) electrons. The Kier molecular flexibility index (Phi) is 4.27. The molecule has 0 unspecified atom stereocenters. The number of rotatable bonds is 5. The molecule has 1 aromatic heterocycles. The van der Waals surface area contributed by atoms with Crippen molar-refractivity contribution >= 4 is 11.9 Å². The minimum Gasteiger partial charge on any atom is -0.475 e. The Labute approximate surface area is 117 Å². The van der Waals surface area contributed by atoms with Crippen LogP contribution in [0.5, 0.6) is 0 Å². The van der Waals surface area contributed by atoms with E-state index in [4.69, 9.17) is 5.11 Å². The van der Waals surface area contributed by atoms with E-state index in [-0.39, 0.29) is 18.7 Å². The molecule has 6 nitrogen and oxygen atoms in total. The molecule has 1 amide bonds. The van der Waals surface area contributed by atoms with E-state index in [2.05, 4.69) is 15.0 Å². The summed E-state index contributed by atoms with van der Waals surface area (Å²) in [6.45, 7) is 0.108. The average Bonchev–Trinajstić information content (AvgIpc) is 2.87. The summed E-state index contributed by atoms with van der Waals surface area (Å²) in [4.78, 5) is 22.2. The van der Waals surface area contributed by atoms with Crippen molar-refractivity contribution in [2.45, 2.75) is 6.42 Å². The van der Waals surface area contributed by atoms with E-state index < -0.39 is 29.3 Å². The molecule has 0 bridgehead atoms. The van der Waals surface area contributed by atoms with Crippen LogP contribution in [0.2, 0.25) is 0 Å². The second-order valence-corrected chi connectivity index (χ2v) is 4.17. The van der Waals surface area contributed by atoms with Crippen LogP contribution in [0.4, 0.5) is 8.78 Å². The summed E-state index contributed by atoms with van der Waals surface area (Å²) in [7, 11) is 0. The van der Waals surface area contributed by atoms with Crippen LogP contribution in [0.25, 0.3) is 0 Å². The Balaban J connectivity index is 1.90. The second-order valence-electron chi connectivity index (χ2n) is 4.17. The van der Waals surface area contributed by atoms with Crippen molar-refractivity contribution in [3.8, 4) is 0 Å². The van der Waals surface area contributed by atoms with Crippen molar-refractivity contribution < 1.29 is 28.0 Å². The van der Waals surface area contributed by atoms with Gasteiger partial charge in [0.05, 0.1) is 0 Å². The highest BCUT2D eigenvalue weighted by molar-refractivity contribution is 5.94. The molecule has 2 rings (SSSR count). The number of carbonyl (C=O) groups is 2. The van der Waals surface area contributed by atoms with E-state index >= 15 is 0 Å². The van der Waals surface area contributed by atoms with Gasteiger partial charge in [0.2, 0.25) is 5.76 Å². The van der Waals surface area contributed by atoms with Crippen LogP contribution >= 0.6 is 0 Å². The Morgan fingerprint density at radius 3 is 2.43 bits per heavy atom. The summed E-state index contributed by atoms with van der Waals surface area (Å²) in [5, 5.41) is 14.4. The molecule has 2 N–H and O–H groups in total. The van der Waals surface area contributed by atoms with Crippen molar-refractivity contribution in [1.82, 2.24) is 10.5 Å². The lowest BCUT2D eigenvalue weighted by Crippen LogP contribution is -2.26. The summed E-state index contributed by atoms with van der Waals surface area (Å²) in [6, 6.07) is 4.06. The molecule has 21 heavy (non-hydrogen) atoms. The van der Waals surface area contributed by atoms with E-state index in [1.165, 1.54) is 0 Å².